The van der Waals surface area contributed by atoms with Crippen LogP contribution in [-0.2, 0) is 9.53 Å². The van der Waals surface area contributed by atoms with Gasteiger partial charge < -0.3 is 24.7 Å². The molecule has 6 nitrogen and oxygen atoms in total. The summed E-state index contributed by atoms with van der Waals surface area (Å²) in [6.45, 7) is 0.859. The maximum Gasteiger partial charge on any atom is 0.390 e. The van der Waals surface area contributed by atoms with Gasteiger partial charge in [-0.25, -0.2) is 4.79 Å². The van der Waals surface area contributed by atoms with E-state index >= 15 is 0 Å². The van der Waals surface area contributed by atoms with Gasteiger partial charge in [-0.3, -0.25) is 0 Å². The Balaban J connectivity index is 1.91. The molecule has 0 radical (unpaired) electrons. The first-order valence-corrected chi connectivity index (χ1v) is 8.20. The van der Waals surface area contributed by atoms with Gasteiger partial charge in [0, 0.05) is 6.54 Å². The number of carbonyl (C=O) groups is 1. The zero-order chi connectivity index (χ0) is 18.8. The number of esters is 1. The molecule has 2 rings (SSSR count). The number of hydrogen-bond acceptors (Lipinski definition) is 7. The Morgan fingerprint density at radius 2 is 1.92 bits per heavy atom. The summed E-state index contributed by atoms with van der Waals surface area (Å²) in [6, 6.07) is 14.1. The van der Waals surface area contributed by atoms with Crippen LogP contribution >= 0.6 is 12.2 Å². The molecule has 0 aromatic heterocycles. The second-order valence-electron chi connectivity index (χ2n) is 4.96. The highest BCUT2D eigenvalue weighted by molar-refractivity contribution is 7.81. The summed E-state index contributed by atoms with van der Waals surface area (Å²) in [5, 5.41) is -0.320. The minimum Gasteiger partial charge on any atom is -0.493 e. The first kappa shape index (κ1) is 19.4. The number of rotatable bonds is 7. The lowest BCUT2D eigenvalue weighted by Crippen LogP contribution is -2.19. The molecule has 0 saturated carbocycles. The highest BCUT2D eigenvalue weighted by atomic mass is 32.1. The normalized spacial score (nSPS) is 10.4. The van der Waals surface area contributed by atoms with Gasteiger partial charge in [-0.1, -0.05) is 24.3 Å². The topological polar surface area (TPSA) is 80.0 Å². The van der Waals surface area contributed by atoms with Gasteiger partial charge in [-0.15, -0.1) is 0 Å². The van der Waals surface area contributed by atoms with Gasteiger partial charge in [0.25, 0.3) is 5.05 Å². The van der Waals surface area contributed by atoms with Crippen molar-refractivity contribution >= 4 is 29.3 Å². The number of benzene rings is 2. The van der Waals surface area contributed by atoms with Crippen molar-refractivity contribution in [1.82, 2.24) is 0 Å². The lowest BCUT2D eigenvalue weighted by molar-refractivity contribution is -0.131. The van der Waals surface area contributed by atoms with Gasteiger partial charge in [0.15, 0.2) is 11.5 Å². The molecule has 0 saturated heterocycles. The van der Waals surface area contributed by atoms with E-state index in [1.807, 2.05) is 18.2 Å². The van der Waals surface area contributed by atoms with Crippen LogP contribution < -0.4 is 19.9 Å². The number of nitrogens with two attached hydrogens (primary N) is 1. The van der Waals surface area contributed by atoms with Crippen molar-refractivity contribution < 1.29 is 23.7 Å². The number of carbonyl (C=O) groups excluding carboxylic acids is 1. The van der Waals surface area contributed by atoms with Crippen LogP contribution in [0.5, 0.6) is 17.2 Å². The van der Waals surface area contributed by atoms with Crippen molar-refractivity contribution in [3.8, 4) is 17.2 Å². The van der Waals surface area contributed by atoms with Crippen LogP contribution in [0.25, 0.3) is 6.08 Å². The molecule has 2 aromatic rings. The fraction of sp³-hybridized carbons (Fsp3) is 0.158. The maximum atomic E-state index is 11.9. The van der Waals surface area contributed by atoms with Crippen molar-refractivity contribution in [3.63, 3.8) is 0 Å². The standard InChI is InChI=1S/C19H19NO5S/c1-22-16-7-2-3-8-17(16)25-19(26)18(21)24-11-9-14-5-4-6-15(13-14)23-12-10-20/h2-9,11,13H,10,12,20H2,1H3. The molecule has 2 N–H and O–H groups in total. The maximum absolute atomic E-state index is 11.9. The second kappa shape index (κ2) is 10.2. The lowest BCUT2D eigenvalue weighted by atomic mass is 10.2. The van der Waals surface area contributed by atoms with Crippen molar-refractivity contribution in [1.29, 1.82) is 0 Å². The summed E-state index contributed by atoms with van der Waals surface area (Å²) in [6.07, 6.45) is 2.85. The van der Waals surface area contributed by atoms with Crippen molar-refractivity contribution in [2.45, 2.75) is 0 Å². The highest BCUT2D eigenvalue weighted by Crippen LogP contribution is 2.26. The molecule has 0 heterocycles. The second-order valence-corrected chi connectivity index (χ2v) is 5.33. The summed E-state index contributed by atoms with van der Waals surface area (Å²) in [7, 11) is 1.50. The third-order valence-electron chi connectivity index (χ3n) is 3.12. The predicted octanol–water partition coefficient (Wildman–Crippen LogP) is 2.95. The molecule has 0 amide bonds. The quantitative estimate of drug-likeness (QED) is 0.454. The first-order chi connectivity index (χ1) is 12.6. The summed E-state index contributed by atoms with van der Waals surface area (Å²) < 4.78 is 20.9. The van der Waals surface area contributed by atoms with Gasteiger partial charge in [-0.05, 0) is 48.1 Å². The fourth-order valence-corrected chi connectivity index (χ4v) is 2.09. The Kier molecular flexibility index (Phi) is 7.60. The zero-order valence-corrected chi connectivity index (χ0v) is 15.0. The van der Waals surface area contributed by atoms with E-state index in [0.29, 0.717) is 30.4 Å². The van der Waals surface area contributed by atoms with Gasteiger partial charge in [0.1, 0.15) is 12.4 Å². The van der Waals surface area contributed by atoms with Crippen LogP contribution in [0.4, 0.5) is 0 Å². The Hall–Kier alpha value is -2.90. The van der Waals surface area contributed by atoms with Crippen molar-refractivity contribution in [2.75, 3.05) is 20.3 Å². The van der Waals surface area contributed by atoms with Crippen LogP contribution in [-0.4, -0.2) is 31.3 Å². The Bertz CT molecular complexity index is 791. The molecule has 0 fully saturated rings. The van der Waals surface area contributed by atoms with Gasteiger partial charge in [-0.2, -0.15) is 0 Å². The summed E-state index contributed by atoms with van der Waals surface area (Å²) in [5.41, 5.74) is 6.20. The molecular weight excluding hydrogens is 354 g/mol. The monoisotopic (exact) mass is 373 g/mol. The third-order valence-corrected chi connectivity index (χ3v) is 3.37. The van der Waals surface area contributed by atoms with Gasteiger partial charge >= 0.3 is 5.97 Å². The van der Waals surface area contributed by atoms with E-state index in [2.05, 4.69) is 0 Å². The van der Waals surface area contributed by atoms with E-state index in [1.54, 1.807) is 36.4 Å². The fourth-order valence-electron chi connectivity index (χ4n) is 1.95. The molecule has 0 aliphatic heterocycles. The summed E-state index contributed by atoms with van der Waals surface area (Å²) in [5.74, 6) is 0.704. The smallest absolute Gasteiger partial charge is 0.390 e. The number of methoxy groups -OCH3 is 1. The minimum absolute atomic E-state index is 0.320. The van der Waals surface area contributed by atoms with Crippen molar-refractivity contribution in [3.05, 3.63) is 60.4 Å². The molecule has 0 unspecified atom stereocenters. The minimum atomic E-state index is -0.780. The lowest BCUT2D eigenvalue weighted by Gasteiger charge is -2.09. The van der Waals surface area contributed by atoms with Crippen molar-refractivity contribution in [2.24, 2.45) is 5.73 Å². The molecule has 0 spiro atoms. The first-order valence-electron chi connectivity index (χ1n) is 7.79. The van der Waals surface area contributed by atoms with E-state index in [4.69, 9.17) is 36.9 Å². The van der Waals surface area contributed by atoms with Crippen LogP contribution in [0.3, 0.4) is 0 Å². The molecule has 0 aliphatic rings. The van der Waals surface area contributed by atoms with Crippen LogP contribution in [0.15, 0.2) is 54.8 Å². The van der Waals surface area contributed by atoms with E-state index in [9.17, 15) is 4.79 Å². The number of para-hydroxylation sites is 2. The molecule has 136 valence electrons. The van der Waals surface area contributed by atoms with Gasteiger partial charge in [0.2, 0.25) is 0 Å². The molecule has 0 bridgehead atoms. The number of thiocarbonyl (C=S) groups is 1. The van der Waals surface area contributed by atoms with E-state index < -0.39 is 5.97 Å². The van der Waals surface area contributed by atoms with Crippen LogP contribution in [0.1, 0.15) is 5.56 Å². The van der Waals surface area contributed by atoms with Crippen LogP contribution in [0.2, 0.25) is 0 Å². The molecule has 0 aliphatic carbocycles. The third kappa shape index (κ3) is 5.87. The average molecular weight is 373 g/mol. The van der Waals surface area contributed by atoms with Gasteiger partial charge in [0.05, 0.1) is 13.4 Å². The Morgan fingerprint density at radius 3 is 2.65 bits per heavy atom. The zero-order valence-electron chi connectivity index (χ0n) is 14.2. The predicted molar refractivity (Wildman–Crippen MR) is 102 cm³/mol. The van der Waals surface area contributed by atoms with E-state index in [-0.39, 0.29) is 5.05 Å². The van der Waals surface area contributed by atoms with E-state index in [1.165, 1.54) is 13.4 Å². The molecule has 2 aromatic carbocycles. The largest absolute Gasteiger partial charge is 0.493 e. The SMILES string of the molecule is COc1ccccc1OC(=S)C(=O)OC=Cc1cccc(OCCN)c1. The molecule has 7 heteroatoms. The summed E-state index contributed by atoms with van der Waals surface area (Å²) >= 11 is 4.95. The number of hydrogen-bond donors (Lipinski definition) is 1. The Morgan fingerprint density at radius 1 is 1.15 bits per heavy atom. The molecule has 26 heavy (non-hydrogen) atoms. The average Bonchev–Trinajstić information content (AvgIpc) is 2.67. The van der Waals surface area contributed by atoms with E-state index in [0.717, 1.165) is 5.56 Å². The molecule has 0 atom stereocenters. The summed E-state index contributed by atoms with van der Waals surface area (Å²) in [4.78, 5) is 11.9. The Labute approximate surface area is 157 Å². The molecular formula is C19H19NO5S. The number of ether oxygens (including phenoxy) is 4. The highest BCUT2D eigenvalue weighted by Gasteiger charge is 2.14. The van der Waals surface area contributed by atoms with Crippen LogP contribution in [0, 0.1) is 0 Å².